The number of para-hydroxylation sites is 1. The minimum Gasteiger partial charge on any atom is -0.254 e. The van der Waals surface area contributed by atoms with E-state index in [4.69, 9.17) is 0 Å². The molecule has 0 bridgehead atoms. The average Bonchev–Trinajstić information content (AvgIpc) is 2.91. The zero-order valence-electron chi connectivity index (χ0n) is 10.0. The van der Waals surface area contributed by atoms with Gasteiger partial charge in [0.2, 0.25) is 0 Å². The van der Waals surface area contributed by atoms with E-state index in [1.54, 1.807) is 6.07 Å². The molecule has 1 aromatic carbocycles. The van der Waals surface area contributed by atoms with Gasteiger partial charge in [-0.05, 0) is 32.8 Å². The number of fused-ring (bicyclic) bond motifs is 1. The van der Waals surface area contributed by atoms with Gasteiger partial charge < -0.3 is 0 Å². The van der Waals surface area contributed by atoms with Crippen molar-refractivity contribution in [2.45, 2.75) is 11.1 Å². The average molecular weight is 360 g/mol. The first-order valence-corrected chi connectivity index (χ1v) is 8.03. The number of pyridine rings is 1. The minimum absolute atomic E-state index is 0.0159. The number of alkyl halides is 3. The maximum atomic E-state index is 13.0. The molecule has 1 aliphatic rings. The summed E-state index contributed by atoms with van der Waals surface area (Å²) in [5, 5.41) is 4.57. The first-order valence-electron chi connectivity index (χ1n) is 5.76. The zero-order chi connectivity index (χ0) is 14.3. The van der Waals surface area contributed by atoms with Gasteiger partial charge >= 0.3 is 6.18 Å². The number of nitrogens with zero attached hydrogens (tertiary/aromatic N) is 1. The van der Waals surface area contributed by atoms with Crippen molar-refractivity contribution in [3.8, 4) is 0 Å². The molecule has 6 heteroatoms. The highest BCUT2D eigenvalue weighted by Gasteiger charge is 2.33. The Balaban J connectivity index is 2.24. The van der Waals surface area contributed by atoms with Gasteiger partial charge in [-0.2, -0.15) is 24.1 Å². The van der Waals surface area contributed by atoms with Crippen molar-refractivity contribution >= 4 is 37.7 Å². The van der Waals surface area contributed by atoms with Gasteiger partial charge in [-0.3, -0.25) is 4.98 Å². The summed E-state index contributed by atoms with van der Waals surface area (Å²) in [5.74, 6) is 0. The van der Waals surface area contributed by atoms with Crippen LogP contribution in [0.3, 0.4) is 0 Å². The molecule has 2 heterocycles. The van der Waals surface area contributed by atoms with Crippen LogP contribution >= 0.6 is 26.8 Å². The molecule has 0 radical (unpaired) electrons. The molecule has 0 aliphatic carbocycles. The molecule has 0 unspecified atom stereocenters. The van der Waals surface area contributed by atoms with E-state index in [0.717, 1.165) is 11.0 Å². The van der Waals surface area contributed by atoms with Gasteiger partial charge in [0.05, 0.1) is 11.1 Å². The van der Waals surface area contributed by atoms with E-state index < -0.39 is 22.6 Å². The molecule has 3 rings (SSSR count). The Morgan fingerprint density at radius 2 is 1.80 bits per heavy atom. The first-order chi connectivity index (χ1) is 9.48. The largest absolute Gasteiger partial charge is 0.418 e. The molecule has 0 saturated carbocycles. The van der Waals surface area contributed by atoms with Crippen LogP contribution in [0.15, 0.2) is 56.7 Å². The second-order valence-electron chi connectivity index (χ2n) is 4.25. The van der Waals surface area contributed by atoms with Crippen LogP contribution in [-0.4, -0.2) is 4.98 Å². The lowest BCUT2D eigenvalue weighted by molar-refractivity contribution is -0.136. The summed E-state index contributed by atoms with van der Waals surface area (Å²) >= 11 is 3.43. The molecule has 1 nitrogen and oxygen atoms in total. The molecule has 0 N–H and O–H groups in total. The molecule has 0 atom stereocenters. The third kappa shape index (κ3) is 2.27. The Bertz CT molecular complexity index is 725. The zero-order valence-corrected chi connectivity index (χ0v) is 12.5. The summed E-state index contributed by atoms with van der Waals surface area (Å²) in [7, 11) is -0.624. The highest BCUT2D eigenvalue weighted by molar-refractivity contribution is 9.10. The summed E-state index contributed by atoms with van der Waals surface area (Å²) < 4.78 is 39.6. The first kappa shape index (κ1) is 13.7. The number of benzene rings is 1. The molecule has 0 amide bonds. The lowest BCUT2D eigenvalue weighted by atomic mass is 10.1. The molecule has 0 saturated heterocycles. The quantitative estimate of drug-likeness (QED) is 0.671. The van der Waals surface area contributed by atoms with Crippen LogP contribution in [0, 0.1) is 0 Å². The van der Waals surface area contributed by atoms with E-state index >= 15 is 0 Å². The van der Waals surface area contributed by atoms with Crippen LogP contribution in [0.25, 0.3) is 10.9 Å². The number of hydrogen-bond donors (Lipinski definition) is 1. The van der Waals surface area contributed by atoms with Gasteiger partial charge in [-0.1, -0.05) is 24.3 Å². The molecular weight excluding hydrogens is 351 g/mol. The monoisotopic (exact) mass is 359 g/mol. The van der Waals surface area contributed by atoms with Gasteiger partial charge in [0.25, 0.3) is 0 Å². The van der Waals surface area contributed by atoms with E-state index in [9.17, 15) is 13.2 Å². The molecule has 20 heavy (non-hydrogen) atoms. The second kappa shape index (κ2) is 4.93. The smallest absolute Gasteiger partial charge is 0.254 e. The Morgan fingerprint density at radius 1 is 1.10 bits per heavy atom. The fourth-order valence-electron chi connectivity index (χ4n) is 2.08. The molecule has 2 aromatic rings. The van der Waals surface area contributed by atoms with Crippen LogP contribution in [0.4, 0.5) is 13.2 Å². The van der Waals surface area contributed by atoms with E-state index in [1.165, 1.54) is 12.3 Å². The van der Waals surface area contributed by atoms with E-state index in [-0.39, 0.29) is 5.52 Å². The third-order valence-corrected chi connectivity index (χ3v) is 6.04. The molecule has 1 aromatic heterocycles. The van der Waals surface area contributed by atoms with Crippen molar-refractivity contribution in [1.29, 1.82) is 0 Å². The SMILES string of the molecule is FC(F)(F)c1cccc2c(Br)c([SH]3C=CC=C3)cnc12. The molecular formula is C14H9BrF3NS. The molecule has 0 spiro atoms. The highest BCUT2D eigenvalue weighted by atomic mass is 79.9. The number of halogens is 4. The van der Waals surface area contributed by atoms with Crippen LogP contribution in [0.1, 0.15) is 5.56 Å². The summed E-state index contributed by atoms with van der Waals surface area (Å²) in [6.45, 7) is 0. The second-order valence-corrected chi connectivity index (χ2v) is 6.93. The summed E-state index contributed by atoms with van der Waals surface area (Å²) in [6, 6.07) is 4.13. The van der Waals surface area contributed by atoms with Crippen LogP contribution in [0.5, 0.6) is 0 Å². The Morgan fingerprint density at radius 3 is 2.45 bits per heavy atom. The topological polar surface area (TPSA) is 12.9 Å². The molecule has 104 valence electrons. The number of thiol groups is 1. The predicted molar refractivity (Wildman–Crippen MR) is 80.0 cm³/mol. The maximum Gasteiger partial charge on any atom is 0.418 e. The molecule has 1 aliphatic heterocycles. The fraction of sp³-hybridized carbons (Fsp3) is 0.0714. The normalized spacial score (nSPS) is 16.3. The summed E-state index contributed by atoms with van der Waals surface area (Å²) in [5.41, 5.74) is -0.717. The van der Waals surface area contributed by atoms with E-state index in [2.05, 4.69) is 20.9 Å². The van der Waals surface area contributed by atoms with E-state index in [0.29, 0.717) is 9.86 Å². The van der Waals surface area contributed by atoms with Gasteiger partial charge in [0.15, 0.2) is 0 Å². The number of allylic oxidation sites excluding steroid dienone is 2. The van der Waals surface area contributed by atoms with Gasteiger partial charge in [0, 0.05) is 21.0 Å². The highest BCUT2D eigenvalue weighted by Crippen LogP contribution is 2.47. The predicted octanol–water partition coefficient (Wildman–Crippen LogP) is 5.42. The van der Waals surface area contributed by atoms with Crippen molar-refractivity contribution in [3.05, 3.63) is 57.4 Å². The van der Waals surface area contributed by atoms with Crippen molar-refractivity contribution < 1.29 is 13.2 Å². The molecule has 0 fully saturated rings. The van der Waals surface area contributed by atoms with Gasteiger partial charge in [-0.25, -0.2) is 0 Å². The third-order valence-electron chi connectivity index (χ3n) is 3.00. The Labute approximate surface area is 124 Å². The number of aromatic nitrogens is 1. The maximum absolute atomic E-state index is 13.0. The van der Waals surface area contributed by atoms with Gasteiger partial charge in [0.1, 0.15) is 0 Å². The van der Waals surface area contributed by atoms with Crippen molar-refractivity contribution in [2.75, 3.05) is 0 Å². The Kier molecular flexibility index (Phi) is 3.38. The fourth-order valence-corrected chi connectivity index (χ4v) is 4.65. The van der Waals surface area contributed by atoms with Crippen LogP contribution < -0.4 is 0 Å². The van der Waals surface area contributed by atoms with Gasteiger partial charge in [-0.15, -0.1) is 0 Å². The number of rotatable bonds is 1. The van der Waals surface area contributed by atoms with Crippen molar-refractivity contribution in [1.82, 2.24) is 4.98 Å². The lowest BCUT2D eigenvalue weighted by Crippen LogP contribution is -2.06. The van der Waals surface area contributed by atoms with Crippen molar-refractivity contribution in [2.24, 2.45) is 0 Å². The standard InChI is InChI=1S/C14H9BrF3NS/c15-12-9-4-3-5-10(14(16,17)18)13(9)19-8-11(12)20-6-1-2-7-20/h1-8,20H. The van der Waals surface area contributed by atoms with Crippen LogP contribution in [0.2, 0.25) is 0 Å². The Hall–Kier alpha value is -1.27. The minimum atomic E-state index is -4.40. The summed E-state index contributed by atoms with van der Waals surface area (Å²) in [4.78, 5) is 4.98. The van der Waals surface area contributed by atoms with E-state index in [1.807, 2.05) is 23.0 Å². The number of hydrogen-bond acceptors (Lipinski definition) is 1. The summed E-state index contributed by atoms with van der Waals surface area (Å²) in [6.07, 6.45) is 1.02. The van der Waals surface area contributed by atoms with Crippen LogP contribution in [-0.2, 0) is 6.18 Å². The lowest BCUT2D eigenvalue weighted by Gasteiger charge is -2.16. The van der Waals surface area contributed by atoms with Crippen molar-refractivity contribution in [3.63, 3.8) is 0 Å².